The molecule has 4 nitrogen and oxygen atoms in total. The lowest BCUT2D eigenvalue weighted by molar-refractivity contribution is -0.122. The van der Waals surface area contributed by atoms with Gasteiger partial charge in [-0.2, -0.15) is 0 Å². The molecule has 1 aliphatic heterocycles. The van der Waals surface area contributed by atoms with Gasteiger partial charge in [-0.05, 0) is 18.2 Å². The molecule has 1 aromatic carbocycles. The van der Waals surface area contributed by atoms with Crippen molar-refractivity contribution in [2.45, 2.75) is 18.7 Å². The van der Waals surface area contributed by atoms with E-state index in [2.05, 4.69) is 10.1 Å². The minimum absolute atomic E-state index is 0.0317. The fraction of sp³-hybridized carbons (Fsp3) is 0.385. The summed E-state index contributed by atoms with van der Waals surface area (Å²) in [7, 11) is 1.34. The van der Waals surface area contributed by atoms with Crippen molar-refractivity contribution in [3.8, 4) is 0 Å². The van der Waals surface area contributed by atoms with E-state index in [1.54, 1.807) is 23.9 Å². The lowest BCUT2D eigenvalue weighted by Crippen LogP contribution is -2.31. The summed E-state index contributed by atoms with van der Waals surface area (Å²) in [5.41, 5.74) is 0.699. The van der Waals surface area contributed by atoms with E-state index in [1.807, 2.05) is 19.9 Å². The second kappa shape index (κ2) is 4.65. The topological polar surface area (TPSA) is 55.4 Å². The third kappa shape index (κ3) is 2.36. The summed E-state index contributed by atoms with van der Waals surface area (Å²) >= 11 is 1.61. The molecule has 1 amide bonds. The Morgan fingerprint density at radius 1 is 1.44 bits per heavy atom. The van der Waals surface area contributed by atoms with Crippen LogP contribution in [0.5, 0.6) is 0 Å². The van der Waals surface area contributed by atoms with Gasteiger partial charge in [0.15, 0.2) is 0 Å². The quantitative estimate of drug-likeness (QED) is 0.793. The first kappa shape index (κ1) is 13.0. The van der Waals surface area contributed by atoms with Gasteiger partial charge in [0.1, 0.15) is 0 Å². The number of carbonyl (C=O) groups excluding carboxylic acids is 2. The predicted octanol–water partition coefficient (Wildman–Crippen LogP) is 2.54. The first-order valence-corrected chi connectivity index (χ1v) is 6.59. The van der Waals surface area contributed by atoms with E-state index in [0.717, 1.165) is 4.90 Å². The smallest absolute Gasteiger partial charge is 0.337 e. The molecular weight excluding hydrogens is 250 g/mol. The van der Waals surface area contributed by atoms with Crippen LogP contribution in [0.25, 0.3) is 0 Å². The highest BCUT2D eigenvalue weighted by Gasteiger charge is 2.31. The molecule has 0 aromatic heterocycles. The summed E-state index contributed by atoms with van der Waals surface area (Å²) in [6.45, 7) is 3.81. The molecule has 2 rings (SSSR count). The van der Waals surface area contributed by atoms with Crippen LogP contribution < -0.4 is 5.32 Å². The molecule has 0 aliphatic carbocycles. The Morgan fingerprint density at radius 3 is 2.83 bits per heavy atom. The van der Waals surface area contributed by atoms with Gasteiger partial charge in [0.2, 0.25) is 5.91 Å². The summed E-state index contributed by atoms with van der Waals surface area (Å²) in [4.78, 5) is 24.4. The Balaban J connectivity index is 2.38. The molecule has 0 saturated heterocycles. The zero-order chi connectivity index (χ0) is 13.3. The monoisotopic (exact) mass is 265 g/mol. The number of benzene rings is 1. The van der Waals surface area contributed by atoms with Gasteiger partial charge in [0, 0.05) is 10.6 Å². The lowest BCUT2D eigenvalue weighted by atomic mass is 9.95. The number of methoxy groups -OCH3 is 1. The molecule has 96 valence electrons. The first-order valence-electron chi connectivity index (χ1n) is 5.61. The summed E-state index contributed by atoms with van der Waals surface area (Å²) in [6, 6.07) is 5.21. The number of fused-ring (bicyclic) bond motifs is 1. The van der Waals surface area contributed by atoms with E-state index >= 15 is 0 Å². The van der Waals surface area contributed by atoms with Gasteiger partial charge in [-0.1, -0.05) is 13.8 Å². The Hall–Kier alpha value is -1.49. The molecule has 1 N–H and O–H groups in total. The molecule has 0 fully saturated rings. The van der Waals surface area contributed by atoms with Crippen LogP contribution in [0.2, 0.25) is 0 Å². The van der Waals surface area contributed by atoms with E-state index in [-0.39, 0.29) is 5.91 Å². The van der Waals surface area contributed by atoms with Crippen molar-refractivity contribution < 1.29 is 14.3 Å². The third-order valence-corrected chi connectivity index (χ3v) is 4.39. The summed E-state index contributed by atoms with van der Waals surface area (Å²) in [5, 5.41) is 2.86. The molecule has 0 radical (unpaired) electrons. The third-order valence-electron chi connectivity index (χ3n) is 2.85. The molecule has 0 saturated carbocycles. The molecule has 0 bridgehead atoms. The highest BCUT2D eigenvalue weighted by molar-refractivity contribution is 7.99. The van der Waals surface area contributed by atoms with Gasteiger partial charge in [-0.25, -0.2) is 4.79 Å². The average Bonchev–Trinajstić information content (AvgIpc) is 2.46. The number of esters is 1. The largest absolute Gasteiger partial charge is 0.465 e. The summed E-state index contributed by atoms with van der Waals surface area (Å²) in [6.07, 6.45) is 0. The highest BCUT2D eigenvalue weighted by atomic mass is 32.2. The van der Waals surface area contributed by atoms with Gasteiger partial charge in [0.05, 0.1) is 23.8 Å². The zero-order valence-corrected chi connectivity index (χ0v) is 11.4. The molecule has 0 atom stereocenters. The maximum absolute atomic E-state index is 12.0. The van der Waals surface area contributed by atoms with Crippen molar-refractivity contribution in [3.05, 3.63) is 23.8 Å². The lowest BCUT2D eigenvalue weighted by Gasteiger charge is -2.18. The zero-order valence-electron chi connectivity index (χ0n) is 10.6. The van der Waals surface area contributed by atoms with E-state index in [0.29, 0.717) is 17.0 Å². The standard InChI is InChI=1S/C13H15NO3S/c1-13(2)7-18-10-5-4-8(11(15)17-3)6-9(10)14-12(13)16/h4-6H,7H2,1-3H3,(H,14,16). The number of carbonyl (C=O) groups is 2. The number of rotatable bonds is 1. The van der Waals surface area contributed by atoms with Crippen LogP contribution in [0.15, 0.2) is 23.1 Å². The summed E-state index contributed by atoms with van der Waals surface area (Å²) < 4.78 is 4.67. The van der Waals surface area contributed by atoms with Gasteiger partial charge in [0.25, 0.3) is 0 Å². The maximum Gasteiger partial charge on any atom is 0.337 e. The molecule has 0 unspecified atom stereocenters. The Bertz CT molecular complexity index is 511. The van der Waals surface area contributed by atoms with Crippen LogP contribution in [0, 0.1) is 5.41 Å². The van der Waals surface area contributed by atoms with Crippen molar-refractivity contribution in [2.75, 3.05) is 18.2 Å². The second-order valence-electron chi connectivity index (χ2n) is 4.83. The number of nitrogens with one attached hydrogen (secondary N) is 1. The van der Waals surface area contributed by atoms with Gasteiger partial charge >= 0.3 is 5.97 Å². The molecule has 18 heavy (non-hydrogen) atoms. The maximum atomic E-state index is 12.0. The first-order chi connectivity index (χ1) is 8.44. The van der Waals surface area contributed by atoms with Crippen molar-refractivity contribution in [1.29, 1.82) is 0 Å². The SMILES string of the molecule is COC(=O)c1ccc2c(c1)NC(=O)C(C)(C)CS2. The number of anilines is 1. The minimum atomic E-state index is -0.422. The molecule has 1 aromatic rings. The molecule has 1 heterocycles. The predicted molar refractivity (Wildman–Crippen MR) is 70.9 cm³/mol. The van der Waals surface area contributed by atoms with Crippen LogP contribution in [-0.2, 0) is 9.53 Å². The van der Waals surface area contributed by atoms with E-state index in [9.17, 15) is 9.59 Å². The normalized spacial score (nSPS) is 17.4. The van der Waals surface area contributed by atoms with Gasteiger partial charge in [-0.15, -0.1) is 11.8 Å². The highest BCUT2D eigenvalue weighted by Crippen LogP contribution is 2.37. The molecule has 0 spiro atoms. The minimum Gasteiger partial charge on any atom is -0.465 e. The number of hydrogen-bond donors (Lipinski definition) is 1. The molecule has 5 heteroatoms. The fourth-order valence-electron chi connectivity index (χ4n) is 1.61. The van der Waals surface area contributed by atoms with Crippen molar-refractivity contribution in [3.63, 3.8) is 0 Å². The summed E-state index contributed by atoms with van der Waals surface area (Å²) in [5.74, 6) is 0.278. The van der Waals surface area contributed by atoms with E-state index in [4.69, 9.17) is 0 Å². The van der Waals surface area contributed by atoms with Gasteiger partial charge in [-0.3, -0.25) is 4.79 Å². The van der Waals surface area contributed by atoms with Crippen molar-refractivity contribution >= 4 is 29.3 Å². The second-order valence-corrected chi connectivity index (χ2v) is 5.85. The van der Waals surface area contributed by atoms with Crippen molar-refractivity contribution in [1.82, 2.24) is 0 Å². The average molecular weight is 265 g/mol. The van der Waals surface area contributed by atoms with Crippen molar-refractivity contribution in [2.24, 2.45) is 5.41 Å². The Morgan fingerprint density at radius 2 is 2.17 bits per heavy atom. The van der Waals surface area contributed by atoms with Crippen LogP contribution in [0.1, 0.15) is 24.2 Å². The molecular formula is C13H15NO3S. The van der Waals surface area contributed by atoms with Crippen LogP contribution in [0.3, 0.4) is 0 Å². The van der Waals surface area contributed by atoms with Crippen LogP contribution in [0.4, 0.5) is 5.69 Å². The number of ether oxygens (including phenoxy) is 1. The number of hydrogen-bond acceptors (Lipinski definition) is 4. The van der Waals surface area contributed by atoms with E-state index in [1.165, 1.54) is 7.11 Å². The van der Waals surface area contributed by atoms with Crippen LogP contribution >= 0.6 is 11.8 Å². The van der Waals surface area contributed by atoms with Gasteiger partial charge < -0.3 is 10.1 Å². The number of thioether (sulfide) groups is 1. The fourth-order valence-corrected chi connectivity index (χ4v) is 2.69. The number of amides is 1. The Labute approximate surface area is 110 Å². The van der Waals surface area contributed by atoms with E-state index < -0.39 is 11.4 Å². The Kier molecular flexibility index (Phi) is 3.34. The van der Waals surface area contributed by atoms with Crippen LogP contribution in [-0.4, -0.2) is 24.7 Å². The molecule has 1 aliphatic rings.